The first kappa shape index (κ1) is 11.8. The van der Waals surface area contributed by atoms with Crippen LogP contribution in [0, 0.1) is 0 Å². The topological polar surface area (TPSA) is 67.3 Å². The molecule has 1 aromatic heterocycles. The van der Waals surface area contributed by atoms with E-state index in [1.807, 2.05) is 11.8 Å². The van der Waals surface area contributed by atoms with E-state index in [4.69, 9.17) is 4.74 Å². The maximum Gasteiger partial charge on any atom is 0.242 e. The number of ether oxygens (including phenoxy) is 1. The van der Waals surface area contributed by atoms with Gasteiger partial charge in [-0.3, -0.25) is 4.79 Å². The first-order valence-corrected chi connectivity index (χ1v) is 5.65. The van der Waals surface area contributed by atoms with Crippen LogP contribution in [0.2, 0.25) is 0 Å². The molecule has 6 nitrogen and oxygen atoms in total. The zero-order valence-electron chi connectivity index (χ0n) is 9.80. The summed E-state index contributed by atoms with van der Waals surface area (Å²) in [6.45, 7) is 4.06. The maximum atomic E-state index is 11.9. The number of nitrogens with zero attached hydrogens (tertiary/aromatic N) is 3. The van der Waals surface area contributed by atoms with Gasteiger partial charge in [0.05, 0.1) is 25.8 Å². The predicted molar refractivity (Wildman–Crippen MR) is 62.5 cm³/mol. The standard InChI is InChI=1S/C11H16N4O2/c1-9-8-17-6-5-15(9)10(16)7-14-11-12-3-2-4-13-11/h2-4,9H,5-8H2,1H3,(H,12,13,14). The van der Waals surface area contributed by atoms with Crippen molar-refractivity contribution in [2.45, 2.75) is 13.0 Å². The minimum atomic E-state index is 0.0493. The van der Waals surface area contributed by atoms with Crippen LogP contribution in [-0.2, 0) is 9.53 Å². The second kappa shape index (κ2) is 5.58. The lowest BCUT2D eigenvalue weighted by molar-refractivity contribution is -0.137. The van der Waals surface area contributed by atoms with Crippen LogP contribution in [0.4, 0.5) is 5.95 Å². The molecular formula is C11H16N4O2. The molecule has 0 radical (unpaired) electrons. The molecule has 2 rings (SSSR count). The molecule has 1 saturated heterocycles. The molecule has 0 bridgehead atoms. The molecule has 92 valence electrons. The second-order valence-electron chi connectivity index (χ2n) is 3.94. The summed E-state index contributed by atoms with van der Waals surface area (Å²) in [7, 11) is 0. The molecule has 1 unspecified atom stereocenters. The van der Waals surface area contributed by atoms with E-state index in [1.165, 1.54) is 0 Å². The van der Waals surface area contributed by atoms with E-state index in [0.29, 0.717) is 25.7 Å². The average molecular weight is 236 g/mol. The van der Waals surface area contributed by atoms with Gasteiger partial charge < -0.3 is 15.0 Å². The molecule has 1 fully saturated rings. The normalized spacial score (nSPS) is 20.1. The summed E-state index contributed by atoms with van der Waals surface area (Å²) in [5, 5.41) is 2.91. The van der Waals surface area contributed by atoms with E-state index < -0.39 is 0 Å². The van der Waals surface area contributed by atoms with Crippen LogP contribution in [0.3, 0.4) is 0 Å². The van der Waals surface area contributed by atoms with Gasteiger partial charge in [0.25, 0.3) is 0 Å². The van der Waals surface area contributed by atoms with Crippen LogP contribution >= 0.6 is 0 Å². The summed E-state index contributed by atoms with van der Waals surface area (Å²) >= 11 is 0. The molecule has 0 aromatic carbocycles. The van der Waals surface area contributed by atoms with Crippen molar-refractivity contribution in [1.29, 1.82) is 0 Å². The Morgan fingerprint density at radius 2 is 2.35 bits per heavy atom. The lowest BCUT2D eigenvalue weighted by Crippen LogP contribution is -2.49. The number of rotatable bonds is 3. The van der Waals surface area contributed by atoms with Crippen molar-refractivity contribution >= 4 is 11.9 Å². The third kappa shape index (κ3) is 3.13. The van der Waals surface area contributed by atoms with Gasteiger partial charge in [0.1, 0.15) is 0 Å². The Labute approximate surface area is 100 Å². The molecule has 0 saturated carbocycles. The van der Waals surface area contributed by atoms with Crippen molar-refractivity contribution in [1.82, 2.24) is 14.9 Å². The minimum Gasteiger partial charge on any atom is -0.377 e. The van der Waals surface area contributed by atoms with Crippen molar-refractivity contribution in [2.75, 3.05) is 31.6 Å². The van der Waals surface area contributed by atoms with E-state index in [9.17, 15) is 4.79 Å². The predicted octanol–water partition coefficient (Wildman–Crippen LogP) is 0.136. The number of hydrogen-bond acceptors (Lipinski definition) is 5. The summed E-state index contributed by atoms with van der Waals surface area (Å²) in [5.41, 5.74) is 0. The number of nitrogens with one attached hydrogen (secondary N) is 1. The molecule has 1 amide bonds. The summed E-state index contributed by atoms with van der Waals surface area (Å²) in [4.78, 5) is 21.7. The molecule has 1 aromatic rings. The third-order valence-electron chi connectivity index (χ3n) is 2.65. The Kier molecular flexibility index (Phi) is 3.87. The number of aromatic nitrogens is 2. The second-order valence-corrected chi connectivity index (χ2v) is 3.94. The Balaban J connectivity index is 1.84. The lowest BCUT2D eigenvalue weighted by Gasteiger charge is -2.33. The maximum absolute atomic E-state index is 11.9. The Morgan fingerprint density at radius 1 is 1.59 bits per heavy atom. The smallest absolute Gasteiger partial charge is 0.242 e. The van der Waals surface area contributed by atoms with Gasteiger partial charge in [0.15, 0.2) is 0 Å². The quantitative estimate of drug-likeness (QED) is 0.808. The van der Waals surface area contributed by atoms with Crippen LogP contribution in [-0.4, -0.2) is 53.1 Å². The van der Waals surface area contributed by atoms with Gasteiger partial charge in [0, 0.05) is 18.9 Å². The van der Waals surface area contributed by atoms with Crippen LogP contribution in [0.25, 0.3) is 0 Å². The van der Waals surface area contributed by atoms with Gasteiger partial charge in [-0.25, -0.2) is 9.97 Å². The molecule has 0 spiro atoms. The molecular weight excluding hydrogens is 220 g/mol. The highest BCUT2D eigenvalue weighted by atomic mass is 16.5. The highest BCUT2D eigenvalue weighted by Gasteiger charge is 2.23. The fourth-order valence-corrected chi connectivity index (χ4v) is 1.74. The van der Waals surface area contributed by atoms with E-state index in [0.717, 1.165) is 0 Å². The summed E-state index contributed by atoms with van der Waals surface area (Å²) in [5.74, 6) is 0.523. The number of hydrogen-bond donors (Lipinski definition) is 1. The van der Waals surface area contributed by atoms with Gasteiger partial charge in [-0.2, -0.15) is 0 Å². The van der Waals surface area contributed by atoms with Gasteiger partial charge in [0.2, 0.25) is 11.9 Å². The van der Waals surface area contributed by atoms with Crippen molar-refractivity contribution in [3.63, 3.8) is 0 Å². The third-order valence-corrected chi connectivity index (χ3v) is 2.65. The van der Waals surface area contributed by atoms with Crippen molar-refractivity contribution < 1.29 is 9.53 Å². The summed E-state index contributed by atoms with van der Waals surface area (Å²) in [6.07, 6.45) is 3.27. The van der Waals surface area contributed by atoms with E-state index in [1.54, 1.807) is 18.5 Å². The zero-order chi connectivity index (χ0) is 12.1. The van der Waals surface area contributed by atoms with E-state index in [2.05, 4.69) is 15.3 Å². The Bertz CT molecular complexity index is 371. The van der Waals surface area contributed by atoms with Gasteiger partial charge in [-0.05, 0) is 13.0 Å². The molecule has 2 heterocycles. The van der Waals surface area contributed by atoms with Gasteiger partial charge in [-0.1, -0.05) is 0 Å². The lowest BCUT2D eigenvalue weighted by atomic mass is 10.2. The number of morpholine rings is 1. The van der Waals surface area contributed by atoms with E-state index in [-0.39, 0.29) is 18.5 Å². The molecule has 6 heteroatoms. The molecule has 17 heavy (non-hydrogen) atoms. The van der Waals surface area contributed by atoms with Gasteiger partial charge >= 0.3 is 0 Å². The highest BCUT2D eigenvalue weighted by molar-refractivity contribution is 5.80. The monoisotopic (exact) mass is 236 g/mol. The number of amides is 1. The van der Waals surface area contributed by atoms with Crippen molar-refractivity contribution in [3.8, 4) is 0 Å². The number of anilines is 1. The first-order chi connectivity index (χ1) is 8.27. The average Bonchev–Trinajstić information content (AvgIpc) is 2.38. The minimum absolute atomic E-state index is 0.0493. The first-order valence-electron chi connectivity index (χ1n) is 5.65. The molecule has 1 aliphatic heterocycles. The fraction of sp³-hybridized carbons (Fsp3) is 0.545. The van der Waals surface area contributed by atoms with E-state index >= 15 is 0 Å². The molecule has 1 aliphatic rings. The van der Waals surface area contributed by atoms with Crippen LogP contribution < -0.4 is 5.32 Å². The van der Waals surface area contributed by atoms with Crippen LogP contribution in [0.15, 0.2) is 18.5 Å². The molecule has 1 atom stereocenters. The van der Waals surface area contributed by atoms with Crippen LogP contribution in [0.5, 0.6) is 0 Å². The fourth-order valence-electron chi connectivity index (χ4n) is 1.74. The largest absolute Gasteiger partial charge is 0.377 e. The van der Waals surface area contributed by atoms with Crippen LogP contribution in [0.1, 0.15) is 6.92 Å². The molecule has 0 aliphatic carbocycles. The highest BCUT2D eigenvalue weighted by Crippen LogP contribution is 2.06. The van der Waals surface area contributed by atoms with Crippen molar-refractivity contribution in [2.24, 2.45) is 0 Å². The SMILES string of the molecule is CC1COCCN1C(=O)CNc1ncccn1. The van der Waals surface area contributed by atoms with Crippen molar-refractivity contribution in [3.05, 3.63) is 18.5 Å². The Morgan fingerprint density at radius 3 is 3.06 bits per heavy atom. The van der Waals surface area contributed by atoms with Gasteiger partial charge in [-0.15, -0.1) is 0 Å². The Hall–Kier alpha value is -1.69. The zero-order valence-corrected chi connectivity index (χ0v) is 9.80. The number of carbonyl (C=O) groups excluding carboxylic acids is 1. The number of carbonyl (C=O) groups is 1. The molecule has 1 N–H and O–H groups in total. The summed E-state index contributed by atoms with van der Waals surface area (Å²) < 4.78 is 5.29. The summed E-state index contributed by atoms with van der Waals surface area (Å²) in [6, 6.07) is 1.87.